The van der Waals surface area contributed by atoms with Crippen molar-refractivity contribution in [2.45, 2.75) is 0 Å². The summed E-state index contributed by atoms with van der Waals surface area (Å²) in [4.78, 5) is 0. The Kier molecular flexibility index (Phi) is 2.31. The Morgan fingerprint density at radius 3 is 2.19 bits per heavy atom. The minimum absolute atomic E-state index is 0.0827. The molecule has 0 N–H and O–H groups in total. The molecule has 4 aromatic carbocycles. The maximum atomic E-state index is 8.64. The zero-order valence-electron chi connectivity index (χ0n) is 20.5. The number of aromatic nitrogens is 1. The molecule has 1 aromatic heterocycles. The van der Waals surface area contributed by atoms with E-state index in [2.05, 4.69) is 15.9 Å². The molecule has 5 rings (SSSR count). The van der Waals surface area contributed by atoms with Crippen molar-refractivity contribution in [3.05, 3.63) is 101 Å². The first-order valence-corrected chi connectivity index (χ1v) is 8.88. The summed E-state index contributed by atoms with van der Waals surface area (Å²) in [5.74, 6) is 0. The Morgan fingerprint density at radius 2 is 1.38 bits per heavy atom. The van der Waals surface area contributed by atoms with Crippen LogP contribution in [0.1, 0.15) is 9.60 Å². The SMILES string of the molecule is [2H]c1c([2H])c([2H])c2c(c1[2H])c1c([2H])c(Br)c([2H])c([2H])c1n2-c1ccc(-c2ccccc2)cc1. The quantitative estimate of drug-likeness (QED) is 0.292. The van der Waals surface area contributed by atoms with Crippen LogP contribution < -0.4 is 0 Å². The van der Waals surface area contributed by atoms with Gasteiger partial charge in [-0.15, -0.1) is 0 Å². The summed E-state index contributed by atoms with van der Waals surface area (Å²) in [7, 11) is 0. The summed E-state index contributed by atoms with van der Waals surface area (Å²) in [5.41, 5.74) is 2.97. The Labute approximate surface area is 170 Å². The predicted octanol–water partition coefficient (Wildman–Crippen LogP) is 7.21. The number of hydrogen-bond donors (Lipinski definition) is 0. The van der Waals surface area contributed by atoms with Crippen LogP contribution in [0.25, 0.3) is 38.6 Å². The van der Waals surface area contributed by atoms with Crippen molar-refractivity contribution in [1.82, 2.24) is 4.57 Å². The summed E-state index contributed by atoms with van der Waals surface area (Å²) in [6, 6.07) is 15.5. The molecule has 0 saturated carbocycles. The molecule has 0 atom stereocenters. The van der Waals surface area contributed by atoms with Crippen LogP contribution in [0.3, 0.4) is 0 Å². The molecule has 0 aliphatic rings. The van der Waals surface area contributed by atoms with E-state index in [1.54, 1.807) is 4.57 Å². The molecule has 1 heterocycles. The first kappa shape index (κ1) is 9.75. The van der Waals surface area contributed by atoms with Gasteiger partial charge in [0, 0.05) is 20.9 Å². The molecule has 0 bridgehead atoms. The Morgan fingerprint density at radius 1 is 0.692 bits per heavy atom. The molecule has 0 aliphatic heterocycles. The van der Waals surface area contributed by atoms with E-state index in [1.807, 2.05) is 54.6 Å². The van der Waals surface area contributed by atoms with Gasteiger partial charge in [-0.3, -0.25) is 0 Å². The molecule has 2 heteroatoms. The van der Waals surface area contributed by atoms with Gasteiger partial charge in [0.05, 0.1) is 20.6 Å². The zero-order chi connectivity index (χ0) is 23.6. The van der Waals surface area contributed by atoms with Gasteiger partial charge in [-0.1, -0.05) is 76.5 Å². The highest BCUT2D eigenvalue weighted by atomic mass is 79.9. The number of hydrogen-bond acceptors (Lipinski definition) is 0. The van der Waals surface area contributed by atoms with Crippen LogP contribution in [0.15, 0.2) is 101 Å². The molecule has 0 radical (unpaired) electrons. The molecule has 0 saturated heterocycles. The van der Waals surface area contributed by atoms with E-state index in [4.69, 9.17) is 9.60 Å². The maximum absolute atomic E-state index is 8.64. The normalized spacial score (nSPS) is 15.0. The second-order valence-electron chi connectivity index (χ2n) is 5.88. The summed E-state index contributed by atoms with van der Waals surface area (Å²) >= 11 is 3.22. The van der Waals surface area contributed by atoms with E-state index >= 15 is 0 Å². The fourth-order valence-corrected chi connectivity index (χ4v) is 3.48. The van der Waals surface area contributed by atoms with Crippen molar-refractivity contribution >= 4 is 37.7 Å². The summed E-state index contributed by atoms with van der Waals surface area (Å²) in [6.45, 7) is 0. The van der Waals surface area contributed by atoms with Crippen LogP contribution in [0.4, 0.5) is 0 Å². The van der Waals surface area contributed by atoms with E-state index < -0.39 is 6.04 Å². The Hall–Kier alpha value is -2.84. The fourth-order valence-electron chi connectivity index (χ4n) is 3.18. The topological polar surface area (TPSA) is 4.93 Å². The van der Waals surface area contributed by atoms with Gasteiger partial charge in [0.15, 0.2) is 0 Å². The van der Waals surface area contributed by atoms with Crippen molar-refractivity contribution in [1.29, 1.82) is 0 Å². The fraction of sp³-hybridized carbons (Fsp3) is 0. The minimum Gasteiger partial charge on any atom is -0.309 e. The lowest BCUT2D eigenvalue weighted by Crippen LogP contribution is -1.93. The van der Waals surface area contributed by atoms with Gasteiger partial charge < -0.3 is 4.57 Å². The van der Waals surface area contributed by atoms with Gasteiger partial charge in [0.1, 0.15) is 0 Å². The molecule has 1 nitrogen and oxygen atoms in total. The summed E-state index contributed by atoms with van der Waals surface area (Å²) in [5, 5.41) is 0.388. The molecule has 5 aromatic rings. The standard InChI is InChI=1S/C24H16BrN/c25-19-12-15-24-22(16-19)21-8-4-5-9-23(21)26(24)20-13-10-18(11-14-20)17-6-2-1-3-7-17/h1-16H/i4D,5D,8D,9D,12D,15D,16D. The van der Waals surface area contributed by atoms with Crippen molar-refractivity contribution in [3.8, 4) is 16.8 Å². The molecule has 0 fully saturated rings. The lowest BCUT2D eigenvalue weighted by atomic mass is 10.1. The number of fused-ring (bicyclic) bond motifs is 3. The summed E-state index contributed by atoms with van der Waals surface area (Å²) in [6.07, 6.45) is 0. The number of benzene rings is 4. The van der Waals surface area contributed by atoms with E-state index in [0.29, 0.717) is 5.69 Å². The highest BCUT2D eigenvalue weighted by Gasteiger charge is 2.12. The van der Waals surface area contributed by atoms with Crippen LogP contribution in [0.2, 0.25) is 0 Å². The van der Waals surface area contributed by atoms with Crippen LogP contribution in [0.5, 0.6) is 0 Å². The van der Waals surface area contributed by atoms with Gasteiger partial charge in [-0.05, 0) is 47.4 Å². The largest absolute Gasteiger partial charge is 0.309 e. The van der Waals surface area contributed by atoms with Gasteiger partial charge in [0.2, 0.25) is 0 Å². The molecule has 0 spiro atoms. The van der Waals surface area contributed by atoms with E-state index in [-0.39, 0.29) is 62.5 Å². The lowest BCUT2D eigenvalue weighted by molar-refractivity contribution is 1.18. The van der Waals surface area contributed by atoms with Crippen molar-refractivity contribution in [2.24, 2.45) is 0 Å². The van der Waals surface area contributed by atoms with Crippen LogP contribution in [0, 0.1) is 0 Å². The number of nitrogens with zero attached hydrogens (tertiary/aromatic N) is 1. The third kappa shape index (κ3) is 2.46. The Bertz CT molecular complexity index is 1500. The van der Waals surface area contributed by atoms with Crippen LogP contribution >= 0.6 is 15.9 Å². The third-order valence-corrected chi connectivity index (χ3v) is 4.76. The number of para-hydroxylation sites is 1. The lowest BCUT2D eigenvalue weighted by Gasteiger charge is -2.09. The first-order valence-electron chi connectivity index (χ1n) is 11.6. The number of halogens is 1. The van der Waals surface area contributed by atoms with Crippen molar-refractivity contribution in [3.63, 3.8) is 0 Å². The second kappa shape index (κ2) is 6.15. The zero-order valence-corrected chi connectivity index (χ0v) is 15.1. The first-order chi connectivity index (χ1) is 15.7. The third-order valence-electron chi connectivity index (χ3n) is 4.36. The molecule has 0 amide bonds. The molecular formula is C24H16BrN. The molecule has 0 aliphatic carbocycles. The summed E-state index contributed by atoms with van der Waals surface area (Å²) < 4.78 is 60.7. The van der Waals surface area contributed by atoms with Gasteiger partial charge in [0.25, 0.3) is 0 Å². The smallest absolute Gasteiger partial charge is 0.0646 e. The van der Waals surface area contributed by atoms with Crippen molar-refractivity contribution < 1.29 is 9.60 Å². The van der Waals surface area contributed by atoms with Gasteiger partial charge >= 0.3 is 0 Å². The van der Waals surface area contributed by atoms with Crippen LogP contribution in [-0.4, -0.2) is 4.57 Å². The molecule has 124 valence electrons. The molecule has 26 heavy (non-hydrogen) atoms. The van der Waals surface area contributed by atoms with Gasteiger partial charge in [-0.25, -0.2) is 0 Å². The monoisotopic (exact) mass is 404 g/mol. The molecule has 0 unspecified atom stereocenters. The Balaban J connectivity index is 1.95. The minimum atomic E-state index is -0.400. The van der Waals surface area contributed by atoms with E-state index in [0.717, 1.165) is 11.1 Å². The van der Waals surface area contributed by atoms with E-state index in [9.17, 15) is 0 Å². The second-order valence-corrected chi connectivity index (χ2v) is 6.68. The molecular weight excluding hydrogens is 382 g/mol. The highest BCUT2D eigenvalue weighted by molar-refractivity contribution is 9.10. The van der Waals surface area contributed by atoms with E-state index in [1.165, 1.54) is 0 Å². The predicted molar refractivity (Wildman–Crippen MR) is 114 cm³/mol. The average Bonchev–Trinajstić information content (AvgIpc) is 3.20. The number of rotatable bonds is 2. The average molecular weight is 405 g/mol. The van der Waals surface area contributed by atoms with Crippen LogP contribution in [-0.2, 0) is 0 Å². The van der Waals surface area contributed by atoms with Crippen molar-refractivity contribution in [2.75, 3.05) is 0 Å². The van der Waals surface area contributed by atoms with Gasteiger partial charge in [-0.2, -0.15) is 0 Å². The highest BCUT2D eigenvalue weighted by Crippen LogP contribution is 2.34. The maximum Gasteiger partial charge on any atom is 0.0646 e.